The van der Waals surface area contributed by atoms with E-state index in [1.54, 1.807) is 0 Å². The smallest absolute Gasteiger partial charge is 0.222 e. The van der Waals surface area contributed by atoms with Gasteiger partial charge in [-0.3, -0.25) is 4.79 Å². The second-order valence-corrected chi connectivity index (χ2v) is 8.08. The first-order chi connectivity index (χ1) is 9.73. The van der Waals surface area contributed by atoms with Crippen LogP contribution >= 0.6 is 0 Å². The highest BCUT2D eigenvalue weighted by atomic mass is 16.2. The van der Waals surface area contributed by atoms with Gasteiger partial charge in [-0.1, -0.05) is 25.9 Å². The molecule has 2 fully saturated rings. The van der Waals surface area contributed by atoms with Crippen molar-refractivity contribution in [1.82, 2.24) is 4.90 Å². The molecule has 1 heterocycles. The number of carbonyl (C=O) groups is 1. The van der Waals surface area contributed by atoms with Gasteiger partial charge in [-0.15, -0.1) is 0 Å². The van der Waals surface area contributed by atoms with E-state index in [9.17, 15) is 4.79 Å². The van der Waals surface area contributed by atoms with E-state index in [1.165, 1.54) is 0 Å². The first-order valence-electron chi connectivity index (χ1n) is 7.77. The summed E-state index contributed by atoms with van der Waals surface area (Å²) in [5.41, 5.74) is 14.9. The van der Waals surface area contributed by atoms with Crippen LogP contribution in [0.3, 0.4) is 0 Å². The fourth-order valence-electron chi connectivity index (χ4n) is 4.58. The SMILES string of the molecule is CC1(C)CC(N)CC(C)(CN2CC(CN=[N+]=[N-])CC2=O)C1. The maximum atomic E-state index is 12.2. The molecule has 0 aromatic carbocycles. The molecule has 1 amide bonds. The van der Waals surface area contributed by atoms with Crippen LogP contribution in [0.4, 0.5) is 0 Å². The Morgan fingerprint density at radius 1 is 1.43 bits per heavy atom. The zero-order valence-electron chi connectivity index (χ0n) is 13.4. The van der Waals surface area contributed by atoms with Crippen molar-refractivity contribution in [2.45, 2.75) is 52.5 Å². The van der Waals surface area contributed by atoms with E-state index < -0.39 is 0 Å². The highest BCUT2D eigenvalue weighted by Crippen LogP contribution is 2.46. The minimum absolute atomic E-state index is 0.0875. The Bertz CT molecular complexity index is 457. The highest BCUT2D eigenvalue weighted by Gasteiger charge is 2.43. The van der Waals surface area contributed by atoms with Crippen LogP contribution in [0.15, 0.2) is 5.11 Å². The standard InChI is InChI=1S/C15H27N5O/c1-14(2)5-12(16)6-15(3,9-14)10-20-8-11(4-13(20)21)7-18-19-17/h11-12H,4-10,16H2,1-3H3. The van der Waals surface area contributed by atoms with Gasteiger partial charge in [-0.25, -0.2) is 0 Å². The lowest BCUT2D eigenvalue weighted by Crippen LogP contribution is -2.48. The maximum Gasteiger partial charge on any atom is 0.222 e. The summed E-state index contributed by atoms with van der Waals surface area (Å²) < 4.78 is 0. The minimum atomic E-state index is 0.0875. The third kappa shape index (κ3) is 4.11. The lowest BCUT2D eigenvalue weighted by Gasteiger charge is -2.47. The van der Waals surface area contributed by atoms with Crippen LogP contribution in [0.2, 0.25) is 0 Å². The van der Waals surface area contributed by atoms with Gasteiger partial charge in [0.25, 0.3) is 0 Å². The molecule has 118 valence electrons. The predicted octanol–water partition coefficient (Wildman–Crippen LogP) is 2.69. The lowest BCUT2D eigenvalue weighted by molar-refractivity contribution is -0.129. The van der Waals surface area contributed by atoms with E-state index in [-0.39, 0.29) is 28.7 Å². The molecule has 1 aliphatic carbocycles. The van der Waals surface area contributed by atoms with Gasteiger partial charge in [0.15, 0.2) is 0 Å². The molecule has 6 heteroatoms. The van der Waals surface area contributed by atoms with Crippen molar-refractivity contribution in [3.8, 4) is 0 Å². The van der Waals surface area contributed by atoms with Crippen molar-refractivity contribution in [2.24, 2.45) is 27.6 Å². The number of carbonyl (C=O) groups excluding carboxylic acids is 1. The summed E-state index contributed by atoms with van der Waals surface area (Å²) in [5, 5.41) is 3.60. The molecule has 2 aliphatic rings. The fraction of sp³-hybridized carbons (Fsp3) is 0.933. The molecule has 21 heavy (non-hydrogen) atoms. The largest absolute Gasteiger partial charge is 0.342 e. The van der Waals surface area contributed by atoms with Crippen molar-refractivity contribution < 1.29 is 4.79 Å². The summed E-state index contributed by atoms with van der Waals surface area (Å²) in [4.78, 5) is 16.9. The van der Waals surface area contributed by atoms with E-state index in [4.69, 9.17) is 11.3 Å². The lowest BCUT2D eigenvalue weighted by atomic mass is 9.62. The maximum absolute atomic E-state index is 12.2. The van der Waals surface area contributed by atoms with Gasteiger partial charge in [-0.05, 0) is 41.5 Å². The number of nitrogens with zero attached hydrogens (tertiary/aromatic N) is 4. The van der Waals surface area contributed by atoms with Crippen molar-refractivity contribution in [3.63, 3.8) is 0 Å². The molecule has 6 nitrogen and oxygen atoms in total. The second kappa shape index (κ2) is 5.85. The normalized spacial score (nSPS) is 35.6. The van der Waals surface area contributed by atoms with Crippen LogP contribution in [-0.4, -0.2) is 36.5 Å². The second-order valence-electron chi connectivity index (χ2n) is 8.08. The molecule has 0 aromatic heterocycles. The Kier molecular flexibility index (Phi) is 4.49. The molecule has 2 rings (SSSR count). The number of hydrogen-bond donors (Lipinski definition) is 1. The van der Waals surface area contributed by atoms with Crippen LogP contribution in [0.5, 0.6) is 0 Å². The first kappa shape index (κ1) is 16.1. The molecule has 1 saturated carbocycles. The Morgan fingerprint density at radius 2 is 2.14 bits per heavy atom. The van der Waals surface area contributed by atoms with Crippen LogP contribution in [-0.2, 0) is 4.79 Å². The van der Waals surface area contributed by atoms with E-state index >= 15 is 0 Å². The zero-order valence-corrected chi connectivity index (χ0v) is 13.4. The number of nitrogens with two attached hydrogens (primary N) is 1. The van der Waals surface area contributed by atoms with Crippen molar-refractivity contribution in [3.05, 3.63) is 10.4 Å². The van der Waals surface area contributed by atoms with Gasteiger partial charge in [0.05, 0.1) is 0 Å². The summed E-state index contributed by atoms with van der Waals surface area (Å²) in [5.74, 6) is 0.355. The molecule has 3 unspecified atom stereocenters. The predicted molar refractivity (Wildman–Crippen MR) is 82.4 cm³/mol. The molecular weight excluding hydrogens is 266 g/mol. The van der Waals surface area contributed by atoms with Crippen LogP contribution in [0.25, 0.3) is 10.4 Å². The van der Waals surface area contributed by atoms with Gasteiger partial charge in [0, 0.05) is 37.0 Å². The van der Waals surface area contributed by atoms with Crippen molar-refractivity contribution in [2.75, 3.05) is 19.6 Å². The number of amides is 1. The van der Waals surface area contributed by atoms with Crippen molar-refractivity contribution in [1.29, 1.82) is 0 Å². The minimum Gasteiger partial charge on any atom is -0.342 e. The Labute approximate surface area is 126 Å². The number of hydrogen-bond acceptors (Lipinski definition) is 3. The summed E-state index contributed by atoms with van der Waals surface area (Å²) in [7, 11) is 0. The quantitative estimate of drug-likeness (QED) is 0.490. The van der Waals surface area contributed by atoms with Crippen LogP contribution in [0.1, 0.15) is 46.5 Å². The Balaban J connectivity index is 2.00. The van der Waals surface area contributed by atoms with Gasteiger partial charge < -0.3 is 10.6 Å². The van der Waals surface area contributed by atoms with E-state index in [0.29, 0.717) is 19.5 Å². The molecule has 1 aliphatic heterocycles. The fourth-order valence-corrected chi connectivity index (χ4v) is 4.58. The summed E-state index contributed by atoms with van der Waals surface area (Å²) >= 11 is 0. The molecule has 0 spiro atoms. The monoisotopic (exact) mass is 293 g/mol. The molecule has 0 bridgehead atoms. The summed E-state index contributed by atoms with van der Waals surface area (Å²) in [6.45, 7) is 8.68. The summed E-state index contributed by atoms with van der Waals surface area (Å²) in [6, 6.07) is 0.218. The van der Waals surface area contributed by atoms with Gasteiger partial charge in [-0.2, -0.15) is 0 Å². The summed E-state index contributed by atoms with van der Waals surface area (Å²) in [6.07, 6.45) is 3.63. The average molecular weight is 293 g/mol. The highest BCUT2D eigenvalue weighted by molar-refractivity contribution is 5.78. The van der Waals surface area contributed by atoms with E-state index in [1.807, 2.05) is 4.90 Å². The molecule has 2 N–H and O–H groups in total. The third-order valence-electron chi connectivity index (χ3n) is 4.75. The Hall–Kier alpha value is -1.26. The zero-order chi connectivity index (χ0) is 15.7. The molecule has 1 saturated heterocycles. The van der Waals surface area contributed by atoms with Crippen molar-refractivity contribution >= 4 is 5.91 Å². The third-order valence-corrected chi connectivity index (χ3v) is 4.75. The molecule has 0 radical (unpaired) electrons. The van der Waals surface area contributed by atoms with Crippen LogP contribution in [0, 0.1) is 16.7 Å². The Morgan fingerprint density at radius 3 is 2.76 bits per heavy atom. The number of azide groups is 1. The van der Waals surface area contributed by atoms with Crippen LogP contribution < -0.4 is 5.73 Å². The molecule has 0 aromatic rings. The van der Waals surface area contributed by atoms with Gasteiger partial charge in [0.2, 0.25) is 5.91 Å². The van der Waals surface area contributed by atoms with E-state index in [0.717, 1.165) is 25.8 Å². The molecule has 3 atom stereocenters. The number of rotatable bonds is 4. The van der Waals surface area contributed by atoms with Gasteiger partial charge >= 0.3 is 0 Å². The average Bonchev–Trinajstić information content (AvgIpc) is 2.63. The first-order valence-corrected chi connectivity index (χ1v) is 7.77. The number of likely N-dealkylation sites (tertiary alicyclic amines) is 1. The van der Waals surface area contributed by atoms with Gasteiger partial charge in [0.1, 0.15) is 0 Å². The van der Waals surface area contributed by atoms with E-state index in [2.05, 4.69) is 30.8 Å². The topological polar surface area (TPSA) is 95.1 Å². The molecular formula is C15H27N5O.